The molecule has 2 aliphatic rings. The second-order valence-electron chi connectivity index (χ2n) is 8.29. The average Bonchev–Trinajstić information content (AvgIpc) is 3.42. The molecule has 5 amide bonds. The molecule has 0 spiro atoms. The maximum absolute atomic E-state index is 13.0. The van der Waals surface area contributed by atoms with E-state index in [9.17, 15) is 19.2 Å². The lowest BCUT2D eigenvalue weighted by Crippen LogP contribution is -2.53. The quantitative estimate of drug-likeness (QED) is 0.689. The Hall–Kier alpha value is -3.62. The van der Waals surface area contributed by atoms with Gasteiger partial charge in [-0.1, -0.05) is 30.3 Å². The minimum absolute atomic E-state index is 0.217. The lowest BCUT2D eigenvalue weighted by atomic mass is 9.93. The molecule has 0 radical (unpaired) electrons. The highest BCUT2D eigenvalue weighted by molar-refractivity contribution is 6.08. The van der Waals surface area contributed by atoms with Crippen molar-refractivity contribution in [2.45, 2.75) is 25.3 Å². The Labute approximate surface area is 185 Å². The number of aryl methyl sites for hydroxylation is 1. The standard InChI is InChI=1S/C23H26N4O5/c1-23(10-9-17-6-3-2-4-7-17)21(30)27(22(31)24-23)16-19(28)25-11-13-26(14-12-25)20(29)18-8-5-15-32-18/h2-8,15H,9-14,16H2,1H3,(H,24,31)/t23-/m1/s1. The van der Waals surface area contributed by atoms with Crippen LogP contribution in [0.15, 0.2) is 53.1 Å². The summed E-state index contributed by atoms with van der Waals surface area (Å²) in [6, 6.07) is 12.4. The number of carbonyl (C=O) groups excluding carboxylic acids is 4. The van der Waals surface area contributed by atoms with E-state index in [2.05, 4.69) is 5.32 Å². The van der Waals surface area contributed by atoms with Crippen LogP contribution in [0.3, 0.4) is 0 Å². The van der Waals surface area contributed by atoms with Crippen LogP contribution in [0.25, 0.3) is 0 Å². The van der Waals surface area contributed by atoms with Crippen LogP contribution in [-0.4, -0.2) is 76.7 Å². The van der Waals surface area contributed by atoms with Crippen molar-refractivity contribution < 1.29 is 23.6 Å². The third-order valence-corrected chi connectivity index (χ3v) is 6.05. The van der Waals surface area contributed by atoms with Gasteiger partial charge in [0.25, 0.3) is 11.8 Å². The summed E-state index contributed by atoms with van der Waals surface area (Å²) in [4.78, 5) is 54.7. The molecule has 2 aromatic rings. The molecule has 0 bridgehead atoms. The Balaban J connectivity index is 1.31. The molecule has 32 heavy (non-hydrogen) atoms. The number of furan rings is 1. The largest absolute Gasteiger partial charge is 0.459 e. The van der Waals surface area contributed by atoms with E-state index in [0.717, 1.165) is 10.5 Å². The average molecular weight is 438 g/mol. The third-order valence-electron chi connectivity index (χ3n) is 6.05. The van der Waals surface area contributed by atoms with Gasteiger partial charge in [-0.05, 0) is 37.5 Å². The van der Waals surface area contributed by atoms with Crippen LogP contribution < -0.4 is 5.32 Å². The van der Waals surface area contributed by atoms with Crippen LogP contribution in [0.2, 0.25) is 0 Å². The number of rotatable bonds is 6. The topological polar surface area (TPSA) is 103 Å². The maximum atomic E-state index is 13.0. The number of hydrogen-bond donors (Lipinski definition) is 1. The van der Waals surface area contributed by atoms with E-state index in [1.807, 2.05) is 30.3 Å². The van der Waals surface area contributed by atoms with Gasteiger partial charge in [-0.15, -0.1) is 0 Å². The van der Waals surface area contributed by atoms with Crippen LogP contribution in [0.4, 0.5) is 4.79 Å². The Morgan fingerprint density at radius 2 is 1.69 bits per heavy atom. The van der Waals surface area contributed by atoms with E-state index in [0.29, 0.717) is 39.0 Å². The summed E-state index contributed by atoms with van der Waals surface area (Å²) < 4.78 is 5.14. The third kappa shape index (κ3) is 4.37. The monoisotopic (exact) mass is 438 g/mol. The van der Waals surface area contributed by atoms with E-state index in [1.165, 1.54) is 6.26 Å². The Bertz CT molecular complexity index is 999. The minimum Gasteiger partial charge on any atom is -0.459 e. The molecular formula is C23H26N4O5. The summed E-state index contributed by atoms with van der Waals surface area (Å²) in [6.07, 6.45) is 2.52. The molecule has 3 heterocycles. The number of imide groups is 1. The van der Waals surface area contributed by atoms with E-state index < -0.39 is 17.5 Å². The fourth-order valence-corrected chi connectivity index (χ4v) is 4.05. The van der Waals surface area contributed by atoms with Gasteiger partial charge in [0.2, 0.25) is 5.91 Å². The molecule has 2 aliphatic heterocycles. The van der Waals surface area contributed by atoms with Crippen molar-refractivity contribution >= 4 is 23.8 Å². The van der Waals surface area contributed by atoms with Crippen molar-refractivity contribution in [2.75, 3.05) is 32.7 Å². The van der Waals surface area contributed by atoms with E-state index in [-0.39, 0.29) is 24.1 Å². The van der Waals surface area contributed by atoms with Crippen molar-refractivity contribution in [3.8, 4) is 0 Å². The molecule has 2 fully saturated rings. The Kier molecular flexibility index (Phi) is 5.98. The molecule has 0 saturated carbocycles. The minimum atomic E-state index is -1.04. The molecule has 168 valence electrons. The molecule has 4 rings (SSSR count). The van der Waals surface area contributed by atoms with Gasteiger partial charge in [0.1, 0.15) is 12.1 Å². The number of nitrogens with zero attached hydrogens (tertiary/aromatic N) is 3. The zero-order valence-corrected chi connectivity index (χ0v) is 18.0. The lowest BCUT2D eigenvalue weighted by Gasteiger charge is -2.34. The number of hydrogen-bond acceptors (Lipinski definition) is 5. The summed E-state index contributed by atoms with van der Waals surface area (Å²) in [5, 5.41) is 2.75. The SMILES string of the molecule is C[C@]1(CCc2ccccc2)NC(=O)N(CC(=O)N2CCN(C(=O)c3ccco3)CC2)C1=O. The van der Waals surface area contributed by atoms with Gasteiger partial charge in [0, 0.05) is 26.2 Å². The molecule has 0 unspecified atom stereocenters. The second-order valence-corrected chi connectivity index (χ2v) is 8.29. The molecule has 1 atom stereocenters. The highest BCUT2D eigenvalue weighted by atomic mass is 16.3. The van der Waals surface area contributed by atoms with Gasteiger partial charge in [0.15, 0.2) is 5.76 Å². The highest BCUT2D eigenvalue weighted by Crippen LogP contribution is 2.23. The van der Waals surface area contributed by atoms with Crippen LogP contribution >= 0.6 is 0 Å². The molecule has 2 saturated heterocycles. The van der Waals surface area contributed by atoms with Crippen molar-refractivity contribution in [3.63, 3.8) is 0 Å². The highest BCUT2D eigenvalue weighted by Gasteiger charge is 2.48. The fraction of sp³-hybridized carbons (Fsp3) is 0.391. The summed E-state index contributed by atoms with van der Waals surface area (Å²) >= 11 is 0. The maximum Gasteiger partial charge on any atom is 0.325 e. The number of nitrogens with one attached hydrogen (secondary N) is 1. The first-order valence-corrected chi connectivity index (χ1v) is 10.7. The summed E-state index contributed by atoms with van der Waals surface area (Å²) in [5.74, 6) is -0.659. The zero-order valence-electron chi connectivity index (χ0n) is 18.0. The number of amides is 5. The van der Waals surface area contributed by atoms with Crippen LogP contribution in [0, 0.1) is 0 Å². The molecule has 0 aliphatic carbocycles. The van der Waals surface area contributed by atoms with Gasteiger partial charge >= 0.3 is 6.03 Å². The molecule has 1 aromatic carbocycles. The normalized spacial score (nSPS) is 21.1. The summed E-state index contributed by atoms with van der Waals surface area (Å²) in [6.45, 7) is 2.78. The number of urea groups is 1. The van der Waals surface area contributed by atoms with Crippen molar-refractivity contribution in [1.82, 2.24) is 20.0 Å². The second kappa shape index (κ2) is 8.86. The van der Waals surface area contributed by atoms with Crippen molar-refractivity contribution in [1.29, 1.82) is 0 Å². The van der Waals surface area contributed by atoms with E-state index in [1.54, 1.807) is 28.9 Å². The first-order valence-electron chi connectivity index (χ1n) is 10.7. The number of carbonyl (C=O) groups is 4. The summed E-state index contributed by atoms with van der Waals surface area (Å²) in [5.41, 5.74) is 0.0359. The van der Waals surface area contributed by atoms with E-state index in [4.69, 9.17) is 4.42 Å². The molecule has 9 heteroatoms. The molecule has 1 N–H and O–H groups in total. The number of piperazine rings is 1. The predicted molar refractivity (Wildman–Crippen MR) is 115 cm³/mol. The van der Waals surface area contributed by atoms with Gasteiger partial charge in [-0.25, -0.2) is 4.79 Å². The summed E-state index contributed by atoms with van der Waals surface area (Å²) in [7, 11) is 0. The van der Waals surface area contributed by atoms with Crippen molar-refractivity contribution in [3.05, 3.63) is 60.1 Å². The van der Waals surface area contributed by atoms with Crippen molar-refractivity contribution in [2.24, 2.45) is 0 Å². The molecule has 9 nitrogen and oxygen atoms in total. The Morgan fingerprint density at radius 3 is 2.34 bits per heavy atom. The first-order chi connectivity index (χ1) is 15.4. The first kappa shape index (κ1) is 21.6. The van der Waals surface area contributed by atoms with Gasteiger partial charge in [-0.3, -0.25) is 19.3 Å². The van der Waals surface area contributed by atoms with Gasteiger partial charge in [0.05, 0.1) is 6.26 Å². The zero-order chi connectivity index (χ0) is 22.7. The van der Waals surface area contributed by atoms with Crippen LogP contribution in [0.5, 0.6) is 0 Å². The van der Waals surface area contributed by atoms with Gasteiger partial charge < -0.3 is 19.5 Å². The lowest BCUT2D eigenvalue weighted by molar-refractivity contribution is -0.139. The van der Waals surface area contributed by atoms with Crippen LogP contribution in [-0.2, 0) is 16.0 Å². The smallest absolute Gasteiger partial charge is 0.325 e. The molecule has 1 aromatic heterocycles. The predicted octanol–water partition coefficient (Wildman–Crippen LogP) is 1.51. The fourth-order valence-electron chi connectivity index (χ4n) is 4.05. The number of benzene rings is 1. The van der Waals surface area contributed by atoms with Gasteiger partial charge in [-0.2, -0.15) is 0 Å². The van der Waals surface area contributed by atoms with E-state index >= 15 is 0 Å². The Morgan fingerprint density at radius 1 is 1.00 bits per heavy atom. The molecular weight excluding hydrogens is 412 g/mol. The van der Waals surface area contributed by atoms with Crippen LogP contribution in [0.1, 0.15) is 29.5 Å².